The maximum absolute atomic E-state index is 11.6. The monoisotopic (exact) mass is 219 g/mol. The van der Waals surface area contributed by atoms with Crippen molar-refractivity contribution in [2.24, 2.45) is 0 Å². The molecule has 0 unspecified atom stereocenters. The first-order chi connectivity index (χ1) is 5.92. The van der Waals surface area contributed by atoms with Crippen LogP contribution in [0.5, 0.6) is 0 Å². The molecule has 1 N–H and O–H groups in total. The number of hydrogen-bond acceptors (Lipinski definition) is 3. The second-order valence-electron chi connectivity index (χ2n) is 3.17. The number of rotatable bonds is 3. The topological polar surface area (TPSA) is 46.2 Å². The van der Waals surface area contributed by atoms with Gasteiger partial charge >= 0.3 is 0 Å². The fourth-order valence-corrected chi connectivity index (χ4v) is 3.32. The highest BCUT2D eigenvalue weighted by molar-refractivity contribution is 7.89. The second-order valence-corrected chi connectivity index (χ2v) is 6.00. The normalized spacial score (nSPS) is 12.3. The SMILES string of the molecule is Cc1cc(S(=O)(=O)NC(C)C)cs1. The van der Waals surface area contributed by atoms with Crippen LogP contribution in [-0.4, -0.2) is 14.5 Å². The number of nitrogens with one attached hydrogen (secondary N) is 1. The summed E-state index contributed by atoms with van der Waals surface area (Å²) in [6.45, 7) is 5.49. The van der Waals surface area contributed by atoms with E-state index in [1.54, 1.807) is 25.3 Å². The van der Waals surface area contributed by atoms with Crippen LogP contribution in [0.15, 0.2) is 16.3 Å². The van der Waals surface area contributed by atoms with E-state index in [-0.39, 0.29) is 6.04 Å². The van der Waals surface area contributed by atoms with E-state index in [1.807, 2.05) is 6.92 Å². The molecule has 0 bridgehead atoms. The zero-order chi connectivity index (χ0) is 10.1. The molecule has 0 aliphatic heterocycles. The molecule has 1 heterocycles. The van der Waals surface area contributed by atoms with Crippen molar-refractivity contribution in [1.82, 2.24) is 4.72 Å². The molecule has 3 nitrogen and oxygen atoms in total. The Morgan fingerprint density at radius 1 is 1.46 bits per heavy atom. The van der Waals surface area contributed by atoms with Crippen molar-refractivity contribution in [1.29, 1.82) is 0 Å². The van der Waals surface area contributed by atoms with Gasteiger partial charge in [-0.25, -0.2) is 13.1 Å². The third-order valence-corrected chi connectivity index (χ3v) is 4.06. The van der Waals surface area contributed by atoms with Crippen molar-refractivity contribution >= 4 is 21.4 Å². The van der Waals surface area contributed by atoms with Crippen molar-refractivity contribution in [2.75, 3.05) is 0 Å². The molecule has 0 aromatic carbocycles. The lowest BCUT2D eigenvalue weighted by molar-refractivity contribution is 0.570. The Balaban J connectivity index is 2.95. The first-order valence-corrected chi connectivity index (χ1v) is 6.35. The highest BCUT2D eigenvalue weighted by Crippen LogP contribution is 2.17. The summed E-state index contributed by atoms with van der Waals surface area (Å²) in [6.07, 6.45) is 0. The zero-order valence-electron chi connectivity index (χ0n) is 7.87. The van der Waals surface area contributed by atoms with Gasteiger partial charge in [-0.3, -0.25) is 0 Å². The van der Waals surface area contributed by atoms with E-state index in [4.69, 9.17) is 0 Å². The molecule has 0 aliphatic carbocycles. The minimum Gasteiger partial charge on any atom is -0.209 e. The molecule has 0 saturated carbocycles. The molecule has 1 aromatic rings. The van der Waals surface area contributed by atoms with Crippen molar-refractivity contribution in [2.45, 2.75) is 31.7 Å². The van der Waals surface area contributed by atoms with Crippen LogP contribution in [-0.2, 0) is 10.0 Å². The molecule has 0 aliphatic rings. The summed E-state index contributed by atoms with van der Waals surface area (Å²) in [5, 5.41) is 1.65. The molecule has 74 valence electrons. The van der Waals surface area contributed by atoms with E-state index in [9.17, 15) is 8.42 Å². The largest absolute Gasteiger partial charge is 0.241 e. The van der Waals surface area contributed by atoms with Crippen LogP contribution in [0.25, 0.3) is 0 Å². The van der Waals surface area contributed by atoms with Gasteiger partial charge < -0.3 is 0 Å². The Morgan fingerprint density at radius 3 is 2.46 bits per heavy atom. The smallest absolute Gasteiger partial charge is 0.209 e. The summed E-state index contributed by atoms with van der Waals surface area (Å²) >= 11 is 1.44. The predicted molar refractivity (Wildman–Crippen MR) is 54.5 cm³/mol. The summed E-state index contributed by atoms with van der Waals surface area (Å²) in [7, 11) is -3.28. The average molecular weight is 219 g/mol. The molecular weight excluding hydrogens is 206 g/mol. The van der Waals surface area contributed by atoms with Gasteiger partial charge in [-0.05, 0) is 26.8 Å². The molecule has 13 heavy (non-hydrogen) atoms. The third kappa shape index (κ3) is 2.79. The quantitative estimate of drug-likeness (QED) is 0.841. The first-order valence-electron chi connectivity index (χ1n) is 3.99. The molecule has 1 aromatic heterocycles. The van der Waals surface area contributed by atoms with Crippen LogP contribution < -0.4 is 4.72 Å². The van der Waals surface area contributed by atoms with Gasteiger partial charge in [0.25, 0.3) is 0 Å². The van der Waals surface area contributed by atoms with E-state index in [0.29, 0.717) is 4.90 Å². The van der Waals surface area contributed by atoms with E-state index in [1.165, 1.54) is 11.3 Å². The summed E-state index contributed by atoms with van der Waals surface area (Å²) < 4.78 is 25.6. The van der Waals surface area contributed by atoms with Crippen molar-refractivity contribution in [3.63, 3.8) is 0 Å². The molecule has 0 amide bonds. The minimum absolute atomic E-state index is 0.0646. The summed E-state index contributed by atoms with van der Waals surface area (Å²) in [5.74, 6) is 0. The molecule has 0 fully saturated rings. The van der Waals surface area contributed by atoms with Gasteiger partial charge in [0.1, 0.15) is 0 Å². The predicted octanol–water partition coefficient (Wildman–Crippen LogP) is 1.74. The van der Waals surface area contributed by atoms with E-state index in [2.05, 4.69) is 4.72 Å². The third-order valence-electron chi connectivity index (χ3n) is 1.41. The van der Waals surface area contributed by atoms with Crippen LogP contribution in [0.4, 0.5) is 0 Å². The fraction of sp³-hybridized carbons (Fsp3) is 0.500. The van der Waals surface area contributed by atoms with Crippen molar-refractivity contribution in [3.8, 4) is 0 Å². The Hall–Kier alpha value is -0.390. The lowest BCUT2D eigenvalue weighted by Gasteiger charge is -2.06. The number of thiophene rings is 1. The first kappa shape index (κ1) is 10.7. The van der Waals surface area contributed by atoms with Crippen LogP contribution >= 0.6 is 11.3 Å². The van der Waals surface area contributed by atoms with E-state index in [0.717, 1.165) is 4.88 Å². The summed E-state index contributed by atoms with van der Waals surface area (Å²) in [4.78, 5) is 1.37. The molecule has 1 rings (SSSR count). The van der Waals surface area contributed by atoms with Crippen molar-refractivity contribution < 1.29 is 8.42 Å². The Bertz CT molecular complexity index is 379. The van der Waals surface area contributed by atoms with Crippen molar-refractivity contribution in [3.05, 3.63) is 16.3 Å². The lowest BCUT2D eigenvalue weighted by Crippen LogP contribution is -2.29. The minimum atomic E-state index is -3.28. The number of aryl methyl sites for hydroxylation is 1. The molecule has 0 radical (unpaired) electrons. The van der Waals surface area contributed by atoms with E-state index >= 15 is 0 Å². The van der Waals surface area contributed by atoms with E-state index < -0.39 is 10.0 Å². The Kier molecular flexibility index (Phi) is 3.10. The van der Waals surface area contributed by atoms with Gasteiger partial charge in [0.05, 0.1) is 4.90 Å². The Morgan fingerprint density at radius 2 is 2.08 bits per heavy atom. The van der Waals surface area contributed by atoms with Gasteiger partial charge in [0.15, 0.2) is 0 Å². The number of sulfonamides is 1. The molecule has 5 heteroatoms. The summed E-state index contributed by atoms with van der Waals surface area (Å²) in [5.41, 5.74) is 0. The standard InChI is InChI=1S/C8H13NO2S2/c1-6(2)9-13(10,11)8-4-7(3)12-5-8/h4-6,9H,1-3H3. The van der Waals surface area contributed by atoms with Crippen LogP contribution in [0.1, 0.15) is 18.7 Å². The van der Waals surface area contributed by atoms with Gasteiger partial charge in [-0.15, -0.1) is 11.3 Å². The highest BCUT2D eigenvalue weighted by Gasteiger charge is 2.15. The van der Waals surface area contributed by atoms with Crippen LogP contribution in [0, 0.1) is 6.92 Å². The molecule has 0 spiro atoms. The maximum Gasteiger partial charge on any atom is 0.241 e. The van der Waals surface area contributed by atoms with Gasteiger partial charge in [-0.1, -0.05) is 0 Å². The molecular formula is C8H13NO2S2. The Labute approximate surface area is 82.8 Å². The van der Waals surface area contributed by atoms with Gasteiger partial charge in [0, 0.05) is 16.3 Å². The van der Waals surface area contributed by atoms with Crippen LogP contribution in [0.3, 0.4) is 0 Å². The van der Waals surface area contributed by atoms with Gasteiger partial charge in [0.2, 0.25) is 10.0 Å². The van der Waals surface area contributed by atoms with Crippen LogP contribution in [0.2, 0.25) is 0 Å². The highest BCUT2D eigenvalue weighted by atomic mass is 32.2. The summed E-state index contributed by atoms with van der Waals surface area (Å²) in [6, 6.07) is 1.61. The maximum atomic E-state index is 11.6. The lowest BCUT2D eigenvalue weighted by atomic mass is 10.4. The fourth-order valence-electron chi connectivity index (χ4n) is 0.939. The molecule has 0 saturated heterocycles. The zero-order valence-corrected chi connectivity index (χ0v) is 9.50. The molecule has 0 atom stereocenters. The number of hydrogen-bond donors (Lipinski definition) is 1. The van der Waals surface area contributed by atoms with Gasteiger partial charge in [-0.2, -0.15) is 0 Å². The average Bonchev–Trinajstić information content (AvgIpc) is 2.32. The second kappa shape index (κ2) is 3.77.